The smallest absolute Gasteiger partial charge is 0.310 e. The number of carboxylic acids is 1. The van der Waals surface area contributed by atoms with Crippen molar-refractivity contribution in [1.29, 1.82) is 0 Å². The molecule has 0 radical (unpaired) electrons. The van der Waals surface area contributed by atoms with Crippen LogP contribution in [-0.2, 0) is 11.3 Å². The molecule has 1 fully saturated rings. The van der Waals surface area contributed by atoms with Crippen LogP contribution in [0.15, 0.2) is 23.0 Å². The van der Waals surface area contributed by atoms with Crippen LogP contribution in [0.25, 0.3) is 0 Å². The third-order valence-electron chi connectivity index (χ3n) is 3.60. The van der Waals surface area contributed by atoms with Crippen LogP contribution in [0.1, 0.15) is 31.7 Å². The maximum absolute atomic E-state index is 11.4. The topological polar surface area (TPSA) is 53.7 Å². The molecular formula is C13H19NO3. The minimum absolute atomic E-state index is 0.529. The Morgan fingerprint density at radius 3 is 3.06 bits per heavy atom. The molecule has 1 aromatic heterocycles. The second-order valence-corrected chi connectivity index (χ2v) is 4.93. The molecule has 1 saturated heterocycles. The van der Waals surface area contributed by atoms with Gasteiger partial charge in [-0.3, -0.25) is 9.69 Å². The van der Waals surface area contributed by atoms with Crippen LogP contribution in [0.3, 0.4) is 0 Å². The Bertz CT molecular complexity index is 374. The number of carbonyl (C=O) groups is 1. The first-order valence-electron chi connectivity index (χ1n) is 6.13. The molecule has 1 aliphatic rings. The number of hydrogen-bond acceptors (Lipinski definition) is 3. The largest absolute Gasteiger partial charge is 0.481 e. The van der Waals surface area contributed by atoms with Gasteiger partial charge in [0, 0.05) is 18.7 Å². The summed E-state index contributed by atoms with van der Waals surface area (Å²) >= 11 is 0. The van der Waals surface area contributed by atoms with E-state index < -0.39 is 11.4 Å². The van der Waals surface area contributed by atoms with Crippen molar-refractivity contribution >= 4 is 5.97 Å². The van der Waals surface area contributed by atoms with Gasteiger partial charge in [0.2, 0.25) is 0 Å². The van der Waals surface area contributed by atoms with Crippen LogP contribution in [-0.4, -0.2) is 29.1 Å². The SMILES string of the molecule is CCCC1(C(=O)O)CCN(Cc2ccoc2)C1. The Kier molecular flexibility index (Phi) is 3.52. The van der Waals surface area contributed by atoms with Gasteiger partial charge in [-0.2, -0.15) is 0 Å². The van der Waals surface area contributed by atoms with Gasteiger partial charge in [-0.05, 0) is 25.5 Å². The van der Waals surface area contributed by atoms with Crippen LogP contribution in [0.4, 0.5) is 0 Å². The summed E-state index contributed by atoms with van der Waals surface area (Å²) in [6.45, 7) is 4.34. The molecule has 1 aromatic rings. The van der Waals surface area contributed by atoms with Gasteiger partial charge in [-0.25, -0.2) is 0 Å². The first-order chi connectivity index (χ1) is 8.16. The lowest BCUT2D eigenvalue weighted by atomic mass is 9.83. The van der Waals surface area contributed by atoms with Crippen LogP contribution in [0.2, 0.25) is 0 Å². The summed E-state index contributed by atoms with van der Waals surface area (Å²) < 4.78 is 5.03. The lowest BCUT2D eigenvalue weighted by molar-refractivity contribution is -0.148. The van der Waals surface area contributed by atoms with E-state index >= 15 is 0 Å². The van der Waals surface area contributed by atoms with E-state index in [0.717, 1.165) is 37.9 Å². The van der Waals surface area contributed by atoms with E-state index in [2.05, 4.69) is 4.90 Å². The summed E-state index contributed by atoms with van der Waals surface area (Å²) in [6, 6.07) is 1.93. The molecule has 4 nitrogen and oxygen atoms in total. The van der Waals surface area contributed by atoms with Crippen LogP contribution in [0, 0.1) is 5.41 Å². The third kappa shape index (κ3) is 2.52. The zero-order chi connectivity index (χ0) is 12.3. The molecular weight excluding hydrogens is 218 g/mol. The number of nitrogens with zero attached hydrogens (tertiary/aromatic N) is 1. The van der Waals surface area contributed by atoms with Crippen molar-refractivity contribution < 1.29 is 14.3 Å². The molecule has 0 bridgehead atoms. The van der Waals surface area contributed by atoms with E-state index in [1.165, 1.54) is 0 Å². The average molecular weight is 237 g/mol. The van der Waals surface area contributed by atoms with Crippen LogP contribution >= 0.6 is 0 Å². The molecule has 1 unspecified atom stereocenters. The van der Waals surface area contributed by atoms with Crippen molar-refractivity contribution in [3.05, 3.63) is 24.2 Å². The number of aliphatic carboxylic acids is 1. The van der Waals surface area contributed by atoms with E-state index in [0.29, 0.717) is 6.54 Å². The normalized spacial score (nSPS) is 25.2. The maximum atomic E-state index is 11.4. The highest BCUT2D eigenvalue weighted by molar-refractivity contribution is 5.75. The zero-order valence-electron chi connectivity index (χ0n) is 10.2. The number of rotatable bonds is 5. The fraction of sp³-hybridized carbons (Fsp3) is 0.615. The summed E-state index contributed by atoms with van der Waals surface area (Å²) in [5.41, 5.74) is 0.584. The first kappa shape index (κ1) is 12.2. The molecule has 94 valence electrons. The highest BCUT2D eigenvalue weighted by Gasteiger charge is 2.43. The number of hydrogen-bond donors (Lipinski definition) is 1. The van der Waals surface area contributed by atoms with Crippen molar-refractivity contribution in [1.82, 2.24) is 4.90 Å². The van der Waals surface area contributed by atoms with E-state index in [9.17, 15) is 9.90 Å². The minimum Gasteiger partial charge on any atom is -0.481 e. The van der Waals surface area contributed by atoms with Gasteiger partial charge in [0.05, 0.1) is 17.9 Å². The van der Waals surface area contributed by atoms with Gasteiger partial charge in [0.1, 0.15) is 0 Å². The van der Waals surface area contributed by atoms with Gasteiger partial charge in [-0.15, -0.1) is 0 Å². The van der Waals surface area contributed by atoms with Gasteiger partial charge in [-0.1, -0.05) is 13.3 Å². The zero-order valence-corrected chi connectivity index (χ0v) is 10.2. The van der Waals surface area contributed by atoms with Crippen molar-refractivity contribution in [2.45, 2.75) is 32.7 Å². The lowest BCUT2D eigenvalue weighted by Crippen LogP contribution is -2.34. The van der Waals surface area contributed by atoms with E-state index in [-0.39, 0.29) is 0 Å². The average Bonchev–Trinajstić information content (AvgIpc) is 2.90. The summed E-state index contributed by atoms with van der Waals surface area (Å²) in [7, 11) is 0. The van der Waals surface area contributed by atoms with Gasteiger partial charge in [0.15, 0.2) is 0 Å². The fourth-order valence-corrected chi connectivity index (χ4v) is 2.70. The first-order valence-corrected chi connectivity index (χ1v) is 6.13. The quantitative estimate of drug-likeness (QED) is 0.854. The predicted octanol–water partition coefficient (Wildman–Crippen LogP) is 2.36. The molecule has 1 N–H and O–H groups in total. The predicted molar refractivity (Wildman–Crippen MR) is 63.6 cm³/mol. The summed E-state index contributed by atoms with van der Waals surface area (Å²) in [5, 5.41) is 9.39. The molecule has 17 heavy (non-hydrogen) atoms. The highest BCUT2D eigenvalue weighted by Crippen LogP contribution is 2.36. The van der Waals surface area contributed by atoms with E-state index in [4.69, 9.17) is 4.42 Å². The molecule has 0 amide bonds. The molecule has 0 aromatic carbocycles. The molecule has 4 heteroatoms. The van der Waals surface area contributed by atoms with Gasteiger partial charge in [0.25, 0.3) is 0 Å². The van der Waals surface area contributed by atoms with Crippen molar-refractivity contribution in [3.63, 3.8) is 0 Å². The van der Waals surface area contributed by atoms with E-state index in [1.807, 2.05) is 13.0 Å². The Morgan fingerprint density at radius 2 is 2.47 bits per heavy atom. The van der Waals surface area contributed by atoms with Gasteiger partial charge < -0.3 is 9.52 Å². The molecule has 0 aliphatic carbocycles. The van der Waals surface area contributed by atoms with Crippen molar-refractivity contribution in [2.75, 3.05) is 13.1 Å². The second-order valence-electron chi connectivity index (χ2n) is 4.93. The molecule has 1 atom stereocenters. The van der Waals surface area contributed by atoms with Crippen molar-refractivity contribution in [2.24, 2.45) is 5.41 Å². The molecule has 0 saturated carbocycles. The Labute approximate surface area is 101 Å². The molecule has 2 heterocycles. The molecule has 0 spiro atoms. The standard InChI is InChI=1S/C13H19NO3/c1-2-4-13(12(15)16)5-6-14(10-13)8-11-3-7-17-9-11/h3,7,9H,2,4-6,8,10H2,1H3,(H,15,16). The second kappa shape index (κ2) is 4.92. The summed E-state index contributed by atoms with van der Waals surface area (Å²) in [4.78, 5) is 13.6. The van der Waals surface area contributed by atoms with E-state index in [1.54, 1.807) is 12.5 Å². The summed E-state index contributed by atoms with van der Waals surface area (Å²) in [5.74, 6) is -0.644. The maximum Gasteiger partial charge on any atom is 0.310 e. The lowest BCUT2D eigenvalue weighted by Gasteiger charge is -2.24. The fourth-order valence-electron chi connectivity index (χ4n) is 2.70. The third-order valence-corrected chi connectivity index (χ3v) is 3.60. The minimum atomic E-state index is -0.644. The summed E-state index contributed by atoms with van der Waals surface area (Å²) in [6.07, 6.45) is 5.83. The highest BCUT2D eigenvalue weighted by atomic mass is 16.4. The Morgan fingerprint density at radius 1 is 1.65 bits per heavy atom. The van der Waals surface area contributed by atoms with Gasteiger partial charge >= 0.3 is 5.97 Å². The Hall–Kier alpha value is -1.29. The van der Waals surface area contributed by atoms with Crippen LogP contribution < -0.4 is 0 Å². The molecule has 1 aliphatic heterocycles. The number of furan rings is 1. The number of carboxylic acid groups (broad SMARTS) is 1. The Balaban J connectivity index is 1.99. The monoisotopic (exact) mass is 237 g/mol. The molecule has 2 rings (SSSR count). The van der Waals surface area contributed by atoms with Crippen LogP contribution in [0.5, 0.6) is 0 Å². The number of likely N-dealkylation sites (tertiary alicyclic amines) is 1. The van der Waals surface area contributed by atoms with Crippen molar-refractivity contribution in [3.8, 4) is 0 Å².